The van der Waals surface area contributed by atoms with Gasteiger partial charge in [-0.2, -0.15) is 0 Å². The molecule has 1 aromatic heterocycles. The summed E-state index contributed by atoms with van der Waals surface area (Å²) < 4.78 is 5.30. The first-order chi connectivity index (χ1) is 9.15. The van der Waals surface area contributed by atoms with Crippen molar-refractivity contribution in [3.05, 3.63) is 47.9 Å². The zero-order valence-electron chi connectivity index (χ0n) is 10.5. The molecule has 2 aromatic rings. The molecule has 19 heavy (non-hydrogen) atoms. The minimum atomic E-state index is -1.06. The molecule has 1 amide bonds. The van der Waals surface area contributed by atoms with Crippen LogP contribution in [-0.4, -0.2) is 18.1 Å². The number of nitrogens with zero attached hydrogens (tertiary/aromatic N) is 1. The van der Waals surface area contributed by atoms with Gasteiger partial charge in [-0.05, 0) is 24.3 Å². The number of rotatable bonds is 3. The molecule has 0 aliphatic carbocycles. The van der Waals surface area contributed by atoms with Gasteiger partial charge in [0, 0.05) is 24.0 Å². The summed E-state index contributed by atoms with van der Waals surface area (Å²) in [5, 5.41) is 12.3. The van der Waals surface area contributed by atoms with Gasteiger partial charge in [-0.15, -0.1) is 0 Å². The van der Waals surface area contributed by atoms with Gasteiger partial charge >= 0.3 is 0 Å². The normalized spacial score (nSPS) is 17.2. The highest BCUT2D eigenvalue weighted by atomic mass is 16.3. The second kappa shape index (κ2) is 4.44. The van der Waals surface area contributed by atoms with Crippen LogP contribution in [0.25, 0.3) is 0 Å². The van der Waals surface area contributed by atoms with Crippen LogP contribution in [0.15, 0.2) is 41.0 Å². The maximum atomic E-state index is 11.4. The molecule has 1 aromatic carbocycles. The zero-order valence-corrected chi connectivity index (χ0v) is 10.5. The first kappa shape index (κ1) is 11.8. The van der Waals surface area contributed by atoms with E-state index in [-0.39, 0.29) is 5.91 Å². The van der Waals surface area contributed by atoms with Crippen molar-refractivity contribution < 1.29 is 14.3 Å². The number of furan rings is 1. The van der Waals surface area contributed by atoms with E-state index in [9.17, 15) is 9.90 Å². The van der Waals surface area contributed by atoms with E-state index in [2.05, 4.69) is 5.32 Å². The topological polar surface area (TPSA) is 65.7 Å². The van der Waals surface area contributed by atoms with E-state index in [4.69, 9.17) is 4.42 Å². The van der Waals surface area contributed by atoms with Crippen LogP contribution in [0.2, 0.25) is 0 Å². The first-order valence-electron chi connectivity index (χ1n) is 6.01. The molecule has 2 heterocycles. The van der Waals surface area contributed by atoms with Crippen LogP contribution in [0.4, 0.5) is 11.4 Å². The van der Waals surface area contributed by atoms with Crippen LogP contribution in [0.3, 0.4) is 0 Å². The third-order valence-electron chi connectivity index (χ3n) is 3.25. The number of nitrogens with one attached hydrogen (secondary N) is 1. The molecule has 2 N–H and O–H groups in total. The number of benzene rings is 1. The number of fused-ring (bicyclic) bond motifs is 1. The highest BCUT2D eigenvalue weighted by Gasteiger charge is 2.28. The molecule has 1 aliphatic heterocycles. The molecular weight excluding hydrogens is 244 g/mol. The fourth-order valence-electron chi connectivity index (χ4n) is 2.20. The van der Waals surface area contributed by atoms with Crippen molar-refractivity contribution in [2.75, 3.05) is 17.3 Å². The molecule has 5 nitrogen and oxygen atoms in total. The largest absolute Gasteiger partial charge is 0.467 e. The number of carbonyl (C=O) groups is 1. The van der Waals surface area contributed by atoms with Gasteiger partial charge in [0.05, 0.1) is 12.8 Å². The maximum Gasteiger partial charge on any atom is 0.257 e. The molecule has 5 heteroatoms. The zero-order chi connectivity index (χ0) is 13.4. The third-order valence-corrected chi connectivity index (χ3v) is 3.25. The SMILES string of the molecule is CN(Cc1ccco1)c1ccc2c(c1)NC(=O)C2O. The van der Waals surface area contributed by atoms with E-state index >= 15 is 0 Å². The molecule has 0 bridgehead atoms. The van der Waals surface area contributed by atoms with Crippen LogP contribution in [-0.2, 0) is 11.3 Å². The minimum Gasteiger partial charge on any atom is -0.467 e. The second-order valence-electron chi connectivity index (χ2n) is 4.60. The van der Waals surface area contributed by atoms with E-state index in [0.29, 0.717) is 17.8 Å². The average Bonchev–Trinajstić information content (AvgIpc) is 2.99. The molecular formula is C14H14N2O3. The number of anilines is 2. The maximum absolute atomic E-state index is 11.4. The standard InChI is InChI=1S/C14H14N2O3/c1-16(8-10-3-2-6-19-10)9-4-5-11-12(7-9)15-14(18)13(11)17/h2-7,13,17H,8H2,1H3,(H,15,18). The summed E-state index contributed by atoms with van der Waals surface area (Å²) in [5.74, 6) is 0.493. The predicted molar refractivity (Wildman–Crippen MR) is 70.8 cm³/mol. The number of aliphatic hydroxyl groups is 1. The second-order valence-corrected chi connectivity index (χ2v) is 4.60. The van der Waals surface area contributed by atoms with Crippen molar-refractivity contribution in [2.24, 2.45) is 0 Å². The Kier molecular flexibility index (Phi) is 2.76. The molecule has 0 radical (unpaired) electrons. The van der Waals surface area contributed by atoms with E-state index < -0.39 is 6.10 Å². The van der Waals surface area contributed by atoms with Gasteiger partial charge in [0.25, 0.3) is 5.91 Å². The Morgan fingerprint density at radius 2 is 2.26 bits per heavy atom. The van der Waals surface area contributed by atoms with Crippen LogP contribution < -0.4 is 10.2 Å². The van der Waals surface area contributed by atoms with Crippen molar-refractivity contribution in [3.8, 4) is 0 Å². The van der Waals surface area contributed by atoms with Gasteiger partial charge in [-0.25, -0.2) is 0 Å². The lowest BCUT2D eigenvalue weighted by Gasteiger charge is -2.18. The average molecular weight is 258 g/mol. The monoisotopic (exact) mass is 258 g/mol. The lowest BCUT2D eigenvalue weighted by atomic mass is 10.1. The summed E-state index contributed by atoms with van der Waals surface area (Å²) in [6.45, 7) is 0.641. The van der Waals surface area contributed by atoms with Crippen molar-refractivity contribution in [1.82, 2.24) is 0 Å². The Morgan fingerprint density at radius 1 is 1.42 bits per heavy atom. The third kappa shape index (κ3) is 2.08. The van der Waals surface area contributed by atoms with Crippen molar-refractivity contribution in [3.63, 3.8) is 0 Å². The molecule has 1 atom stereocenters. The van der Waals surface area contributed by atoms with Crippen LogP contribution in [0.1, 0.15) is 17.4 Å². The highest BCUT2D eigenvalue weighted by Crippen LogP contribution is 2.33. The number of amides is 1. The van der Waals surface area contributed by atoms with E-state index in [0.717, 1.165) is 11.4 Å². The Balaban J connectivity index is 1.83. The lowest BCUT2D eigenvalue weighted by molar-refractivity contribution is -0.123. The van der Waals surface area contributed by atoms with Gasteiger partial charge in [0.15, 0.2) is 6.10 Å². The Labute approximate surface area is 110 Å². The molecule has 0 spiro atoms. The number of aliphatic hydroxyl groups excluding tert-OH is 1. The quantitative estimate of drug-likeness (QED) is 0.882. The van der Waals surface area contributed by atoms with Crippen LogP contribution in [0, 0.1) is 0 Å². The molecule has 98 valence electrons. The van der Waals surface area contributed by atoms with Gasteiger partial charge in [-0.3, -0.25) is 4.79 Å². The number of hydrogen-bond donors (Lipinski definition) is 2. The molecule has 1 unspecified atom stereocenters. The number of hydrogen-bond acceptors (Lipinski definition) is 4. The van der Waals surface area contributed by atoms with Crippen LogP contribution in [0.5, 0.6) is 0 Å². The smallest absolute Gasteiger partial charge is 0.257 e. The lowest BCUT2D eigenvalue weighted by Crippen LogP contribution is -2.15. The summed E-state index contributed by atoms with van der Waals surface area (Å²) in [4.78, 5) is 13.4. The summed E-state index contributed by atoms with van der Waals surface area (Å²) in [6, 6.07) is 9.27. The Bertz CT molecular complexity index is 607. The van der Waals surface area contributed by atoms with Crippen molar-refractivity contribution in [1.29, 1.82) is 0 Å². The Morgan fingerprint density at radius 3 is 3.00 bits per heavy atom. The van der Waals surface area contributed by atoms with Crippen LogP contribution >= 0.6 is 0 Å². The van der Waals surface area contributed by atoms with E-state index in [1.165, 1.54) is 0 Å². The number of carbonyl (C=O) groups excluding carboxylic acids is 1. The molecule has 0 fully saturated rings. The predicted octanol–water partition coefficient (Wildman–Crippen LogP) is 1.90. The highest BCUT2D eigenvalue weighted by molar-refractivity contribution is 6.02. The Hall–Kier alpha value is -2.27. The van der Waals surface area contributed by atoms with E-state index in [1.807, 2.05) is 36.2 Å². The molecule has 1 aliphatic rings. The molecule has 3 rings (SSSR count). The van der Waals surface area contributed by atoms with Gasteiger partial charge in [0.1, 0.15) is 5.76 Å². The van der Waals surface area contributed by atoms with Crippen molar-refractivity contribution >= 4 is 17.3 Å². The summed E-state index contributed by atoms with van der Waals surface area (Å²) in [7, 11) is 1.94. The van der Waals surface area contributed by atoms with E-state index in [1.54, 1.807) is 12.3 Å². The first-order valence-corrected chi connectivity index (χ1v) is 6.01. The van der Waals surface area contributed by atoms with Gasteiger partial charge in [0.2, 0.25) is 0 Å². The summed E-state index contributed by atoms with van der Waals surface area (Å²) in [5.41, 5.74) is 2.24. The van der Waals surface area contributed by atoms with Crippen molar-refractivity contribution in [2.45, 2.75) is 12.6 Å². The summed E-state index contributed by atoms with van der Waals surface area (Å²) >= 11 is 0. The fraction of sp³-hybridized carbons (Fsp3) is 0.214. The molecule has 0 saturated carbocycles. The summed E-state index contributed by atoms with van der Waals surface area (Å²) in [6.07, 6.45) is 0.585. The fourth-order valence-corrected chi connectivity index (χ4v) is 2.20. The minimum absolute atomic E-state index is 0.374. The molecule has 0 saturated heterocycles. The van der Waals surface area contributed by atoms with Gasteiger partial charge < -0.3 is 19.7 Å². The van der Waals surface area contributed by atoms with Gasteiger partial charge in [-0.1, -0.05) is 6.07 Å².